The normalized spacial score (nSPS) is 18.1. The van der Waals surface area contributed by atoms with Crippen molar-refractivity contribution in [1.82, 2.24) is 0 Å². The molecule has 2 N–H and O–H groups in total. The van der Waals surface area contributed by atoms with E-state index in [1.165, 1.54) is 27.4 Å². The molecule has 1 atom stereocenters. The number of hydrazone groups is 1. The van der Waals surface area contributed by atoms with Gasteiger partial charge in [-0.2, -0.15) is 5.10 Å². The molecule has 0 radical (unpaired) electrons. The van der Waals surface area contributed by atoms with Crippen molar-refractivity contribution in [3.05, 3.63) is 51.7 Å². The number of hydrogen-bond donors (Lipinski definition) is 1. The number of nitrogens with two attached hydrogens (primary N) is 1. The van der Waals surface area contributed by atoms with Crippen molar-refractivity contribution in [2.24, 2.45) is 10.8 Å². The van der Waals surface area contributed by atoms with Crippen molar-refractivity contribution in [2.45, 2.75) is 32.7 Å². The summed E-state index contributed by atoms with van der Waals surface area (Å²) in [5, 5.41) is 9.14. The van der Waals surface area contributed by atoms with Gasteiger partial charge in [-0.1, -0.05) is 12.1 Å². The van der Waals surface area contributed by atoms with Crippen LogP contribution in [0.25, 0.3) is 0 Å². The first-order chi connectivity index (χ1) is 10.2. The van der Waals surface area contributed by atoms with E-state index >= 15 is 0 Å². The minimum absolute atomic E-state index is 0.314. The van der Waals surface area contributed by atoms with Crippen LogP contribution in [0.5, 0.6) is 0 Å². The maximum Gasteiger partial charge on any atom is 0.0920 e. The molecule has 1 aliphatic rings. The molecule has 0 saturated heterocycles. The van der Waals surface area contributed by atoms with Gasteiger partial charge in [0.1, 0.15) is 0 Å². The quantitative estimate of drug-likeness (QED) is 0.926. The lowest BCUT2D eigenvalue weighted by molar-refractivity contribution is 0.720. The Labute approximate surface area is 130 Å². The Morgan fingerprint density at radius 3 is 2.81 bits per heavy atom. The molecule has 0 aliphatic carbocycles. The second kappa shape index (κ2) is 6.00. The van der Waals surface area contributed by atoms with Crippen LogP contribution in [0.1, 0.15) is 34.9 Å². The second-order valence-corrected chi connectivity index (χ2v) is 6.53. The van der Waals surface area contributed by atoms with Gasteiger partial charge in [0.2, 0.25) is 0 Å². The van der Waals surface area contributed by atoms with E-state index in [4.69, 9.17) is 10.8 Å². The van der Waals surface area contributed by atoms with Crippen molar-refractivity contribution in [1.29, 1.82) is 0 Å². The molecule has 4 heteroatoms. The highest BCUT2D eigenvalue weighted by Gasteiger charge is 2.29. The molecule has 1 aromatic carbocycles. The molecule has 0 fully saturated rings. The molecule has 0 spiro atoms. The third kappa shape index (κ3) is 2.87. The summed E-state index contributed by atoms with van der Waals surface area (Å²) in [7, 11) is 0. The molecule has 1 aromatic heterocycles. The van der Waals surface area contributed by atoms with E-state index in [9.17, 15) is 0 Å². The largest absolute Gasteiger partial charge is 0.330 e. The van der Waals surface area contributed by atoms with Crippen LogP contribution in [0.2, 0.25) is 0 Å². The van der Waals surface area contributed by atoms with Crippen LogP contribution in [0.3, 0.4) is 0 Å². The van der Waals surface area contributed by atoms with Crippen LogP contribution >= 0.6 is 11.3 Å². The summed E-state index contributed by atoms with van der Waals surface area (Å²) >= 11 is 1.80. The van der Waals surface area contributed by atoms with Gasteiger partial charge in [-0.15, -0.1) is 11.3 Å². The zero-order chi connectivity index (χ0) is 14.8. The molecule has 3 rings (SSSR count). The van der Waals surface area contributed by atoms with Gasteiger partial charge in [-0.25, -0.2) is 0 Å². The number of rotatable bonds is 4. The summed E-state index contributed by atoms with van der Waals surface area (Å²) < 4.78 is 0. The summed E-state index contributed by atoms with van der Waals surface area (Å²) in [4.78, 5) is 1.36. The topological polar surface area (TPSA) is 41.6 Å². The van der Waals surface area contributed by atoms with Gasteiger partial charge in [0, 0.05) is 17.0 Å². The molecule has 110 valence electrons. The van der Waals surface area contributed by atoms with Gasteiger partial charge >= 0.3 is 0 Å². The highest BCUT2D eigenvalue weighted by atomic mass is 32.1. The van der Waals surface area contributed by atoms with Crippen LogP contribution in [-0.2, 0) is 0 Å². The highest BCUT2D eigenvalue weighted by molar-refractivity contribution is 7.10. The lowest BCUT2D eigenvalue weighted by Crippen LogP contribution is -2.17. The average molecular weight is 299 g/mol. The first-order valence-corrected chi connectivity index (χ1v) is 8.23. The molecule has 0 bridgehead atoms. The maximum atomic E-state index is 5.70. The Kier molecular flexibility index (Phi) is 4.08. The fourth-order valence-corrected chi connectivity index (χ4v) is 3.51. The summed E-state index contributed by atoms with van der Waals surface area (Å²) in [6.45, 7) is 4.96. The Balaban J connectivity index is 1.96. The van der Waals surface area contributed by atoms with Gasteiger partial charge in [-0.05, 0) is 61.5 Å². The molecule has 0 amide bonds. The van der Waals surface area contributed by atoms with Gasteiger partial charge < -0.3 is 5.73 Å². The molecule has 1 unspecified atom stereocenters. The Morgan fingerprint density at radius 1 is 1.29 bits per heavy atom. The third-order valence-electron chi connectivity index (χ3n) is 4.03. The monoisotopic (exact) mass is 299 g/mol. The third-order valence-corrected chi connectivity index (χ3v) is 5.01. The predicted molar refractivity (Wildman–Crippen MR) is 91.2 cm³/mol. The summed E-state index contributed by atoms with van der Waals surface area (Å²) in [5.74, 6) is 0. The SMILES string of the molecule is Cc1ccc(N2N=C(CCN)CC2c2cccs2)cc1C. The fraction of sp³-hybridized carbons (Fsp3) is 0.353. The summed E-state index contributed by atoms with van der Waals surface area (Å²) in [5.41, 5.74) is 10.7. The molecule has 2 aromatic rings. The first kappa shape index (κ1) is 14.3. The summed E-state index contributed by atoms with van der Waals surface area (Å²) in [6.07, 6.45) is 1.86. The number of benzene rings is 1. The summed E-state index contributed by atoms with van der Waals surface area (Å²) in [6, 6.07) is 11.2. The van der Waals surface area contributed by atoms with E-state index in [1.54, 1.807) is 11.3 Å². The molecule has 0 saturated carbocycles. The first-order valence-electron chi connectivity index (χ1n) is 7.35. The van der Waals surface area contributed by atoms with Crippen LogP contribution in [-0.4, -0.2) is 12.3 Å². The van der Waals surface area contributed by atoms with Crippen molar-refractivity contribution >= 4 is 22.7 Å². The zero-order valence-electron chi connectivity index (χ0n) is 12.5. The number of hydrogen-bond acceptors (Lipinski definition) is 4. The molecule has 1 aliphatic heterocycles. The van der Waals surface area contributed by atoms with Crippen LogP contribution in [0, 0.1) is 13.8 Å². The van der Waals surface area contributed by atoms with E-state index in [0.717, 1.165) is 12.8 Å². The van der Waals surface area contributed by atoms with Crippen LogP contribution in [0.4, 0.5) is 5.69 Å². The molecular weight excluding hydrogens is 278 g/mol. The van der Waals surface area contributed by atoms with E-state index in [-0.39, 0.29) is 0 Å². The number of nitrogens with zero attached hydrogens (tertiary/aromatic N) is 2. The van der Waals surface area contributed by atoms with Gasteiger partial charge in [0.15, 0.2) is 0 Å². The van der Waals surface area contributed by atoms with E-state index in [1.807, 2.05) is 0 Å². The zero-order valence-corrected chi connectivity index (χ0v) is 13.4. The van der Waals surface area contributed by atoms with Crippen LogP contribution < -0.4 is 10.7 Å². The smallest absolute Gasteiger partial charge is 0.0920 e. The Morgan fingerprint density at radius 2 is 2.14 bits per heavy atom. The average Bonchev–Trinajstić information content (AvgIpc) is 3.11. The number of anilines is 1. The van der Waals surface area contributed by atoms with Crippen molar-refractivity contribution in [3.63, 3.8) is 0 Å². The maximum absolute atomic E-state index is 5.70. The number of aryl methyl sites for hydroxylation is 2. The highest BCUT2D eigenvalue weighted by Crippen LogP contribution is 2.38. The van der Waals surface area contributed by atoms with Crippen molar-refractivity contribution in [3.8, 4) is 0 Å². The predicted octanol–water partition coefficient (Wildman–Crippen LogP) is 4.02. The molecule has 21 heavy (non-hydrogen) atoms. The second-order valence-electron chi connectivity index (χ2n) is 5.55. The van der Waals surface area contributed by atoms with Crippen molar-refractivity contribution in [2.75, 3.05) is 11.6 Å². The Hall–Kier alpha value is -1.65. The Bertz CT molecular complexity index is 646. The minimum Gasteiger partial charge on any atom is -0.330 e. The van der Waals surface area contributed by atoms with Crippen molar-refractivity contribution < 1.29 is 0 Å². The van der Waals surface area contributed by atoms with E-state index < -0.39 is 0 Å². The van der Waals surface area contributed by atoms with E-state index in [0.29, 0.717) is 12.6 Å². The lowest BCUT2D eigenvalue weighted by Gasteiger charge is -2.23. The van der Waals surface area contributed by atoms with Gasteiger partial charge in [0.05, 0.1) is 11.7 Å². The fourth-order valence-electron chi connectivity index (χ4n) is 2.70. The molecular formula is C17H21N3S. The standard InChI is InChI=1S/C17H21N3S/c1-12-5-6-15(10-13(12)2)20-16(17-4-3-9-21-17)11-14(19-20)7-8-18/h3-6,9-10,16H,7-8,11,18H2,1-2H3. The molecule has 3 nitrogen and oxygen atoms in total. The molecule has 2 heterocycles. The van der Waals surface area contributed by atoms with Crippen LogP contribution in [0.15, 0.2) is 40.8 Å². The van der Waals surface area contributed by atoms with Gasteiger partial charge in [-0.3, -0.25) is 5.01 Å². The van der Waals surface area contributed by atoms with E-state index in [2.05, 4.69) is 54.6 Å². The lowest BCUT2D eigenvalue weighted by atomic mass is 10.1. The van der Waals surface area contributed by atoms with Gasteiger partial charge in [0.25, 0.3) is 0 Å². The minimum atomic E-state index is 0.314. The number of thiophene rings is 1.